The highest BCUT2D eigenvalue weighted by molar-refractivity contribution is 7.91. The van der Waals surface area contributed by atoms with Crippen LogP contribution in [0.1, 0.15) is 69.6 Å². The van der Waals surface area contributed by atoms with E-state index in [-0.39, 0.29) is 28.6 Å². The van der Waals surface area contributed by atoms with Crippen LogP contribution >= 0.6 is 11.3 Å². The average Bonchev–Trinajstić information content (AvgIpc) is 3.48. The van der Waals surface area contributed by atoms with Gasteiger partial charge in [-0.2, -0.15) is 9.29 Å². The molecular formula is C21H28N4O4S2. The summed E-state index contributed by atoms with van der Waals surface area (Å²) in [5.41, 5.74) is 0.658. The van der Waals surface area contributed by atoms with E-state index in [0.29, 0.717) is 36.2 Å². The van der Waals surface area contributed by atoms with Crippen LogP contribution in [0, 0.1) is 5.92 Å². The van der Waals surface area contributed by atoms with Gasteiger partial charge in [-0.05, 0) is 44.6 Å². The Bertz CT molecular complexity index is 1040. The molecule has 8 nitrogen and oxygen atoms in total. The van der Waals surface area contributed by atoms with Crippen molar-refractivity contribution in [3.05, 3.63) is 17.3 Å². The van der Waals surface area contributed by atoms with Gasteiger partial charge in [0.2, 0.25) is 17.6 Å². The van der Waals surface area contributed by atoms with Crippen LogP contribution in [0.5, 0.6) is 0 Å². The average molecular weight is 465 g/mol. The number of hydrogen-bond donors (Lipinski definition) is 1. The summed E-state index contributed by atoms with van der Waals surface area (Å²) in [5, 5.41) is 8.92. The summed E-state index contributed by atoms with van der Waals surface area (Å²) in [5.74, 6) is 1.12. The summed E-state index contributed by atoms with van der Waals surface area (Å²) < 4.78 is 33.6. The van der Waals surface area contributed by atoms with Crippen LogP contribution < -0.4 is 5.32 Å². The van der Waals surface area contributed by atoms with Gasteiger partial charge in [-0.1, -0.05) is 24.4 Å². The second kappa shape index (κ2) is 8.63. The predicted molar refractivity (Wildman–Crippen MR) is 116 cm³/mol. The van der Waals surface area contributed by atoms with Crippen molar-refractivity contribution in [1.29, 1.82) is 0 Å². The fourth-order valence-corrected chi connectivity index (χ4v) is 7.47. The largest absolute Gasteiger partial charge is 0.353 e. The lowest BCUT2D eigenvalue weighted by Crippen LogP contribution is -2.47. The molecule has 3 fully saturated rings. The third-order valence-electron chi connectivity index (χ3n) is 6.78. The van der Waals surface area contributed by atoms with E-state index in [1.807, 2.05) is 0 Å². The number of carbonyl (C=O) groups excluding carboxylic acids is 1. The molecule has 1 atom stereocenters. The molecule has 0 radical (unpaired) electrons. The number of nitrogens with one attached hydrogen (secondary N) is 1. The molecule has 3 heterocycles. The van der Waals surface area contributed by atoms with E-state index in [1.54, 1.807) is 11.4 Å². The standard InChI is InChI=1S/C21H28N4O4S2/c26-20(22-17-8-1-2-9-17)15-7-4-10-25(12-15)31(27,28)18-11-16(13-30-18)19-23-21(29-24-19)14-5-3-6-14/h11,13-15,17H,1-10,12H2,(H,22,26). The Morgan fingerprint density at radius 2 is 1.94 bits per heavy atom. The smallest absolute Gasteiger partial charge is 0.252 e. The maximum absolute atomic E-state index is 13.3. The Morgan fingerprint density at radius 3 is 2.68 bits per heavy atom. The lowest BCUT2D eigenvalue weighted by molar-refractivity contribution is -0.126. The topological polar surface area (TPSA) is 105 Å². The van der Waals surface area contributed by atoms with Gasteiger partial charge in [0.05, 0.1) is 5.92 Å². The summed E-state index contributed by atoms with van der Waals surface area (Å²) in [6, 6.07) is 1.87. The van der Waals surface area contributed by atoms with Crippen LogP contribution in [-0.2, 0) is 14.8 Å². The zero-order valence-corrected chi connectivity index (χ0v) is 19.1. The van der Waals surface area contributed by atoms with Crippen LogP contribution in [-0.4, -0.2) is 47.9 Å². The first-order chi connectivity index (χ1) is 15.0. The molecule has 1 amide bonds. The van der Waals surface area contributed by atoms with Crippen LogP contribution in [0.25, 0.3) is 11.4 Å². The van der Waals surface area contributed by atoms with Crippen LogP contribution in [0.2, 0.25) is 0 Å². The van der Waals surface area contributed by atoms with Crippen molar-refractivity contribution >= 4 is 27.3 Å². The molecule has 1 unspecified atom stereocenters. The molecule has 1 saturated heterocycles. The van der Waals surface area contributed by atoms with Gasteiger partial charge in [-0.15, -0.1) is 11.3 Å². The molecular weight excluding hydrogens is 436 g/mol. The maximum atomic E-state index is 13.3. The third kappa shape index (κ3) is 4.29. The van der Waals surface area contributed by atoms with Gasteiger partial charge in [-0.3, -0.25) is 4.79 Å². The normalized spacial score (nSPS) is 23.7. The van der Waals surface area contributed by atoms with E-state index in [1.165, 1.54) is 22.1 Å². The molecule has 0 bridgehead atoms. The summed E-state index contributed by atoms with van der Waals surface area (Å²) in [7, 11) is -3.66. The number of aromatic nitrogens is 2. The number of piperidine rings is 1. The highest BCUT2D eigenvalue weighted by Gasteiger charge is 2.35. The van der Waals surface area contributed by atoms with Gasteiger partial charge < -0.3 is 9.84 Å². The second-order valence-electron chi connectivity index (χ2n) is 8.93. The Labute approximate surface area is 186 Å². The molecule has 1 N–H and O–H groups in total. The first-order valence-electron chi connectivity index (χ1n) is 11.2. The summed E-state index contributed by atoms with van der Waals surface area (Å²) in [6.45, 7) is 0.680. The quantitative estimate of drug-likeness (QED) is 0.701. The molecule has 10 heteroatoms. The van der Waals surface area contributed by atoms with Crippen molar-refractivity contribution in [1.82, 2.24) is 19.8 Å². The van der Waals surface area contributed by atoms with Gasteiger partial charge in [-0.25, -0.2) is 8.42 Å². The van der Waals surface area contributed by atoms with Crippen molar-refractivity contribution in [2.75, 3.05) is 13.1 Å². The van der Waals surface area contributed by atoms with Gasteiger partial charge >= 0.3 is 0 Å². The Balaban J connectivity index is 1.27. The van der Waals surface area contributed by atoms with E-state index < -0.39 is 10.0 Å². The summed E-state index contributed by atoms with van der Waals surface area (Å²) in [4.78, 5) is 17.1. The van der Waals surface area contributed by atoms with E-state index >= 15 is 0 Å². The fraction of sp³-hybridized carbons (Fsp3) is 0.667. The number of hydrogen-bond acceptors (Lipinski definition) is 7. The Kier molecular flexibility index (Phi) is 5.87. The first-order valence-corrected chi connectivity index (χ1v) is 13.6. The molecule has 2 saturated carbocycles. The molecule has 3 aliphatic rings. The van der Waals surface area contributed by atoms with Crippen molar-refractivity contribution in [2.24, 2.45) is 5.92 Å². The van der Waals surface area contributed by atoms with Gasteiger partial charge in [0.15, 0.2) is 0 Å². The molecule has 31 heavy (non-hydrogen) atoms. The van der Waals surface area contributed by atoms with Crippen molar-refractivity contribution < 1.29 is 17.7 Å². The number of carbonyl (C=O) groups is 1. The predicted octanol–water partition coefficient (Wildman–Crippen LogP) is 3.53. The van der Waals surface area contributed by atoms with Gasteiger partial charge in [0.1, 0.15) is 4.21 Å². The number of sulfonamides is 1. The summed E-state index contributed by atoms with van der Waals surface area (Å²) in [6.07, 6.45) is 9.08. The minimum atomic E-state index is -3.66. The monoisotopic (exact) mass is 464 g/mol. The Morgan fingerprint density at radius 1 is 1.13 bits per heavy atom. The van der Waals surface area contributed by atoms with E-state index in [0.717, 1.165) is 44.9 Å². The highest BCUT2D eigenvalue weighted by Crippen LogP contribution is 2.37. The number of amides is 1. The molecule has 0 spiro atoms. The third-order valence-corrected chi connectivity index (χ3v) is 10.1. The van der Waals surface area contributed by atoms with Crippen LogP contribution in [0.3, 0.4) is 0 Å². The SMILES string of the molecule is O=C(NC1CCCC1)C1CCCN(S(=O)(=O)c2cc(-c3noc(C4CCC4)n3)cs2)C1. The van der Waals surface area contributed by atoms with Crippen LogP contribution in [0.4, 0.5) is 0 Å². The molecule has 0 aromatic carbocycles. The molecule has 2 aliphatic carbocycles. The molecule has 1 aliphatic heterocycles. The Hall–Kier alpha value is -1.78. The molecule has 5 rings (SSSR count). The minimum Gasteiger partial charge on any atom is -0.353 e. The lowest BCUT2D eigenvalue weighted by Gasteiger charge is -2.31. The van der Waals surface area contributed by atoms with E-state index in [9.17, 15) is 13.2 Å². The fourth-order valence-electron chi connectivity index (χ4n) is 4.63. The summed E-state index contributed by atoms with van der Waals surface area (Å²) >= 11 is 1.17. The minimum absolute atomic E-state index is 0.00557. The van der Waals surface area contributed by atoms with E-state index in [4.69, 9.17) is 4.52 Å². The van der Waals surface area contributed by atoms with Crippen molar-refractivity contribution in [3.8, 4) is 11.4 Å². The zero-order valence-electron chi connectivity index (χ0n) is 17.5. The molecule has 168 valence electrons. The van der Waals surface area contributed by atoms with Gasteiger partial charge in [0.25, 0.3) is 10.0 Å². The van der Waals surface area contributed by atoms with Crippen molar-refractivity contribution in [2.45, 2.75) is 74.0 Å². The van der Waals surface area contributed by atoms with E-state index in [2.05, 4.69) is 15.5 Å². The van der Waals surface area contributed by atoms with Crippen LogP contribution in [0.15, 0.2) is 20.2 Å². The molecule has 2 aromatic rings. The number of nitrogens with zero attached hydrogens (tertiary/aromatic N) is 3. The second-order valence-corrected chi connectivity index (χ2v) is 12.0. The van der Waals surface area contributed by atoms with Gasteiger partial charge in [0, 0.05) is 36.0 Å². The number of rotatable bonds is 6. The zero-order chi connectivity index (χ0) is 21.4. The number of thiophene rings is 1. The van der Waals surface area contributed by atoms with Crippen molar-refractivity contribution in [3.63, 3.8) is 0 Å². The maximum Gasteiger partial charge on any atom is 0.252 e. The lowest BCUT2D eigenvalue weighted by atomic mass is 9.85. The highest BCUT2D eigenvalue weighted by atomic mass is 32.2. The first kappa shape index (κ1) is 21.1. The molecule has 2 aromatic heterocycles.